The van der Waals surface area contributed by atoms with E-state index in [1.807, 2.05) is 5.32 Å². The number of carbonyl (C=O) groups excluding carboxylic acids is 3. The normalized spacial score (nSPS) is 13.6. The lowest BCUT2D eigenvalue weighted by Crippen LogP contribution is -2.39. The fourth-order valence-corrected chi connectivity index (χ4v) is 0.903. The highest BCUT2D eigenvalue weighted by atomic mass is 16.6. The van der Waals surface area contributed by atoms with E-state index >= 15 is 0 Å². The van der Waals surface area contributed by atoms with Crippen molar-refractivity contribution in [2.24, 2.45) is 0 Å². The molecular formula is C9H12N2O6. The van der Waals surface area contributed by atoms with Gasteiger partial charge in [-0.3, -0.25) is 10.1 Å². The molecule has 94 valence electrons. The summed E-state index contributed by atoms with van der Waals surface area (Å²) in [6.07, 6.45) is 1.11. The van der Waals surface area contributed by atoms with E-state index in [1.54, 1.807) is 0 Å². The van der Waals surface area contributed by atoms with Gasteiger partial charge in [0.2, 0.25) is 5.76 Å². The first-order chi connectivity index (χ1) is 8.13. The van der Waals surface area contributed by atoms with Gasteiger partial charge in [0.25, 0.3) is 5.91 Å². The van der Waals surface area contributed by atoms with E-state index in [9.17, 15) is 14.4 Å². The summed E-state index contributed by atoms with van der Waals surface area (Å²) < 4.78 is 14.3. The van der Waals surface area contributed by atoms with Crippen LogP contribution in [0.4, 0.5) is 4.79 Å². The average Bonchev–Trinajstić information content (AvgIpc) is 2.36. The van der Waals surface area contributed by atoms with E-state index in [1.165, 1.54) is 7.05 Å². The zero-order valence-corrected chi connectivity index (χ0v) is 9.15. The Bertz CT molecular complexity index is 351. The molecule has 8 heteroatoms. The number of amides is 3. The molecule has 1 rings (SSSR count). The Morgan fingerprint density at radius 3 is 2.76 bits per heavy atom. The van der Waals surface area contributed by atoms with Crippen molar-refractivity contribution in [3.8, 4) is 0 Å². The molecule has 0 saturated carbocycles. The second-order valence-corrected chi connectivity index (χ2v) is 2.90. The molecule has 3 amide bonds. The number of esters is 1. The molecule has 0 unspecified atom stereocenters. The summed E-state index contributed by atoms with van der Waals surface area (Å²) in [5, 5.41) is 4.11. The van der Waals surface area contributed by atoms with Crippen LogP contribution in [-0.2, 0) is 23.8 Å². The molecule has 0 radical (unpaired) electrons. The molecule has 17 heavy (non-hydrogen) atoms. The van der Waals surface area contributed by atoms with Crippen LogP contribution in [0.1, 0.15) is 0 Å². The molecule has 2 N–H and O–H groups in total. The lowest BCUT2D eigenvalue weighted by atomic mass is 10.5. The summed E-state index contributed by atoms with van der Waals surface area (Å²) in [4.78, 5) is 33.1. The van der Waals surface area contributed by atoms with E-state index in [0.717, 1.165) is 6.26 Å². The molecule has 0 bridgehead atoms. The summed E-state index contributed by atoms with van der Waals surface area (Å²) in [7, 11) is 1.35. The van der Waals surface area contributed by atoms with Crippen LogP contribution in [0.3, 0.4) is 0 Å². The van der Waals surface area contributed by atoms with Crippen LogP contribution < -0.4 is 10.6 Å². The third-order valence-electron chi connectivity index (χ3n) is 1.66. The Kier molecular flexibility index (Phi) is 4.79. The maximum Gasteiger partial charge on any atom is 0.377 e. The molecule has 0 aromatic rings. The number of ether oxygens (including phenoxy) is 3. The predicted octanol–water partition coefficient (Wildman–Crippen LogP) is -1.13. The summed E-state index contributed by atoms with van der Waals surface area (Å²) in [5.74, 6) is -1.67. The number of urea groups is 1. The second-order valence-electron chi connectivity index (χ2n) is 2.90. The second kappa shape index (κ2) is 6.36. The number of rotatable bonds is 3. The van der Waals surface area contributed by atoms with Crippen molar-refractivity contribution in [3.63, 3.8) is 0 Å². The van der Waals surface area contributed by atoms with Gasteiger partial charge in [-0.05, 0) is 0 Å². The highest BCUT2D eigenvalue weighted by molar-refractivity contribution is 5.96. The van der Waals surface area contributed by atoms with Crippen LogP contribution in [0.5, 0.6) is 0 Å². The van der Waals surface area contributed by atoms with Crippen LogP contribution in [0.15, 0.2) is 12.0 Å². The number of carbonyl (C=O) groups is 3. The van der Waals surface area contributed by atoms with Gasteiger partial charge in [-0.25, -0.2) is 9.59 Å². The highest BCUT2D eigenvalue weighted by Crippen LogP contribution is 2.05. The van der Waals surface area contributed by atoms with Gasteiger partial charge in [0.15, 0.2) is 6.61 Å². The first-order valence-electron chi connectivity index (χ1n) is 4.76. The van der Waals surface area contributed by atoms with Crippen molar-refractivity contribution in [2.75, 3.05) is 26.9 Å². The van der Waals surface area contributed by atoms with Crippen molar-refractivity contribution >= 4 is 17.9 Å². The molecular weight excluding hydrogens is 232 g/mol. The van der Waals surface area contributed by atoms with Crippen molar-refractivity contribution < 1.29 is 28.6 Å². The van der Waals surface area contributed by atoms with E-state index in [2.05, 4.69) is 10.1 Å². The Labute approximate surface area is 96.9 Å². The van der Waals surface area contributed by atoms with Crippen molar-refractivity contribution in [1.82, 2.24) is 10.6 Å². The van der Waals surface area contributed by atoms with Gasteiger partial charge in [0.05, 0.1) is 0 Å². The molecule has 0 atom stereocenters. The maximum absolute atomic E-state index is 11.3. The predicted molar refractivity (Wildman–Crippen MR) is 53.5 cm³/mol. The Morgan fingerprint density at radius 1 is 1.41 bits per heavy atom. The molecule has 0 fully saturated rings. The van der Waals surface area contributed by atoms with Gasteiger partial charge in [-0.15, -0.1) is 0 Å². The summed E-state index contributed by atoms with van der Waals surface area (Å²) in [6, 6.07) is -0.678. The molecule has 0 saturated heterocycles. The summed E-state index contributed by atoms with van der Waals surface area (Å²) in [5.41, 5.74) is 0. The van der Waals surface area contributed by atoms with E-state index in [0.29, 0.717) is 6.61 Å². The van der Waals surface area contributed by atoms with Crippen LogP contribution in [0.25, 0.3) is 0 Å². The number of hydrogen-bond acceptors (Lipinski definition) is 6. The Hall–Kier alpha value is -2.25. The molecule has 0 spiro atoms. The van der Waals surface area contributed by atoms with Gasteiger partial charge in [-0.1, -0.05) is 0 Å². The monoisotopic (exact) mass is 244 g/mol. The van der Waals surface area contributed by atoms with Gasteiger partial charge in [0.1, 0.15) is 19.5 Å². The summed E-state index contributed by atoms with van der Waals surface area (Å²) in [6.45, 7) is 0.0201. The third-order valence-corrected chi connectivity index (χ3v) is 1.66. The largest absolute Gasteiger partial charge is 0.493 e. The molecule has 1 heterocycles. The number of imide groups is 1. The fourth-order valence-electron chi connectivity index (χ4n) is 0.903. The number of hydrogen-bond donors (Lipinski definition) is 2. The molecule has 0 aromatic heterocycles. The zero-order valence-electron chi connectivity index (χ0n) is 9.15. The lowest BCUT2D eigenvalue weighted by Gasteiger charge is -2.14. The zero-order chi connectivity index (χ0) is 12.7. The van der Waals surface area contributed by atoms with Gasteiger partial charge >= 0.3 is 12.0 Å². The van der Waals surface area contributed by atoms with Crippen molar-refractivity contribution in [3.05, 3.63) is 12.0 Å². The lowest BCUT2D eigenvalue weighted by molar-refractivity contribution is -0.149. The molecule has 1 aliphatic rings. The molecule has 0 aliphatic carbocycles. The van der Waals surface area contributed by atoms with Crippen molar-refractivity contribution in [2.45, 2.75) is 0 Å². The summed E-state index contributed by atoms with van der Waals surface area (Å²) >= 11 is 0. The molecule has 1 aliphatic heterocycles. The highest BCUT2D eigenvalue weighted by Gasteiger charge is 2.18. The molecule has 8 nitrogen and oxygen atoms in total. The first-order valence-corrected chi connectivity index (χ1v) is 4.76. The van der Waals surface area contributed by atoms with Crippen LogP contribution >= 0.6 is 0 Å². The van der Waals surface area contributed by atoms with E-state index in [-0.39, 0.29) is 12.4 Å². The minimum Gasteiger partial charge on any atom is -0.493 e. The molecule has 0 aromatic carbocycles. The van der Waals surface area contributed by atoms with Crippen LogP contribution in [0.2, 0.25) is 0 Å². The van der Waals surface area contributed by atoms with Gasteiger partial charge < -0.3 is 19.5 Å². The minimum absolute atomic E-state index is 0.107. The SMILES string of the molecule is CNC(=O)NC(=O)COC(=O)C1=COCCO1. The van der Waals surface area contributed by atoms with Crippen LogP contribution in [-0.4, -0.2) is 44.8 Å². The first kappa shape index (κ1) is 12.8. The maximum atomic E-state index is 11.3. The van der Waals surface area contributed by atoms with Crippen LogP contribution in [0, 0.1) is 0 Å². The van der Waals surface area contributed by atoms with Crippen molar-refractivity contribution in [1.29, 1.82) is 0 Å². The van der Waals surface area contributed by atoms with E-state index in [4.69, 9.17) is 9.47 Å². The minimum atomic E-state index is -0.822. The standard InChI is InChI=1S/C9H12N2O6/c1-10-9(14)11-7(12)5-17-8(13)6-4-15-2-3-16-6/h4H,2-3,5H2,1H3,(H2,10,11,12,14). The fraction of sp³-hybridized carbons (Fsp3) is 0.444. The van der Waals surface area contributed by atoms with Gasteiger partial charge in [0, 0.05) is 7.05 Å². The average molecular weight is 244 g/mol. The van der Waals surface area contributed by atoms with Gasteiger partial charge in [-0.2, -0.15) is 0 Å². The quantitative estimate of drug-likeness (QED) is 0.609. The smallest absolute Gasteiger partial charge is 0.377 e. The number of nitrogens with one attached hydrogen (secondary N) is 2. The Balaban J connectivity index is 2.30. The topological polar surface area (TPSA) is 103 Å². The van der Waals surface area contributed by atoms with E-state index < -0.39 is 24.5 Å². The third kappa shape index (κ3) is 4.41. The Morgan fingerprint density at radius 2 is 2.18 bits per heavy atom.